The Morgan fingerprint density at radius 1 is 0.311 bits per heavy atom. The third-order valence-corrected chi connectivity index (χ3v) is 12.1. The molecule has 0 fully saturated rings. The molecule has 12 rings (SSSR count). The average Bonchev–Trinajstić information content (AvgIpc) is 3.88. The van der Waals surface area contributed by atoms with Crippen molar-refractivity contribution in [2.24, 2.45) is 0 Å². The van der Waals surface area contributed by atoms with Crippen molar-refractivity contribution in [3.05, 3.63) is 231 Å². The van der Waals surface area contributed by atoms with Crippen LogP contribution in [-0.2, 0) is 0 Å². The Kier molecular flexibility index (Phi) is 8.17. The standard InChI is InChI=1S/C58H38N2O/c1-3-14-39(15-4-1)44-34-45(40-16-5-2-6-17-40)37-49(36-44)59(48-31-33-57-54(38-48)53-32-28-42-18-7-8-21-50(42)58(53)61-57)46-29-26-41(27-30-46)43-19-13-20-47(35-43)60-55-24-11-9-22-51(55)52-23-10-12-25-56(52)60/h1-38H. The third-order valence-electron chi connectivity index (χ3n) is 12.1. The van der Waals surface area contributed by atoms with Crippen LogP contribution in [0.5, 0.6) is 0 Å². The van der Waals surface area contributed by atoms with Crippen LogP contribution >= 0.6 is 0 Å². The lowest BCUT2D eigenvalue weighted by Gasteiger charge is -2.27. The van der Waals surface area contributed by atoms with Gasteiger partial charge in [0.25, 0.3) is 0 Å². The van der Waals surface area contributed by atoms with Crippen molar-refractivity contribution in [1.29, 1.82) is 0 Å². The van der Waals surface area contributed by atoms with E-state index in [-0.39, 0.29) is 0 Å². The molecule has 61 heavy (non-hydrogen) atoms. The largest absolute Gasteiger partial charge is 0.455 e. The van der Waals surface area contributed by atoms with Crippen molar-refractivity contribution >= 4 is 71.6 Å². The van der Waals surface area contributed by atoms with Crippen molar-refractivity contribution in [2.75, 3.05) is 4.90 Å². The zero-order chi connectivity index (χ0) is 40.3. The minimum absolute atomic E-state index is 0.872. The molecule has 0 aliphatic heterocycles. The minimum atomic E-state index is 0.872. The minimum Gasteiger partial charge on any atom is -0.455 e. The van der Waals surface area contributed by atoms with Crippen LogP contribution in [0.15, 0.2) is 235 Å². The molecule has 0 unspecified atom stereocenters. The molecular formula is C58H38N2O. The van der Waals surface area contributed by atoms with Crippen LogP contribution in [0, 0.1) is 0 Å². The summed E-state index contributed by atoms with van der Waals surface area (Å²) in [5, 5.41) is 7.00. The number of furan rings is 1. The van der Waals surface area contributed by atoms with Gasteiger partial charge in [0, 0.05) is 49.7 Å². The SMILES string of the molecule is c1ccc(-c2cc(-c3ccccc3)cc(N(c3ccc(-c4cccc(-n5c6ccccc6c6ccccc65)c4)cc3)c3ccc4oc5c6ccccc6ccc5c4c3)c2)cc1. The zero-order valence-corrected chi connectivity index (χ0v) is 33.2. The summed E-state index contributed by atoms with van der Waals surface area (Å²) in [6, 6.07) is 83.0. The molecule has 2 aromatic heterocycles. The topological polar surface area (TPSA) is 21.3 Å². The summed E-state index contributed by atoms with van der Waals surface area (Å²) in [6.07, 6.45) is 0. The number of aromatic nitrogens is 1. The van der Waals surface area contributed by atoms with Crippen LogP contribution in [0.4, 0.5) is 17.1 Å². The number of nitrogens with zero attached hydrogens (tertiary/aromatic N) is 2. The normalized spacial score (nSPS) is 11.6. The average molecular weight is 779 g/mol. The highest BCUT2D eigenvalue weighted by Crippen LogP contribution is 2.43. The first-order chi connectivity index (χ1) is 30.2. The number of para-hydroxylation sites is 2. The smallest absolute Gasteiger partial charge is 0.143 e. The van der Waals surface area contributed by atoms with Crippen LogP contribution in [0.25, 0.3) is 93.6 Å². The summed E-state index contributed by atoms with van der Waals surface area (Å²) in [5.41, 5.74) is 15.5. The maximum atomic E-state index is 6.59. The highest BCUT2D eigenvalue weighted by atomic mass is 16.3. The predicted octanol–water partition coefficient (Wildman–Crippen LogP) is 16.3. The lowest BCUT2D eigenvalue weighted by Crippen LogP contribution is -2.10. The molecule has 0 radical (unpaired) electrons. The van der Waals surface area contributed by atoms with Gasteiger partial charge in [-0.25, -0.2) is 0 Å². The fraction of sp³-hybridized carbons (Fsp3) is 0. The van der Waals surface area contributed by atoms with E-state index in [9.17, 15) is 0 Å². The van der Waals surface area contributed by atoms with Gasteiger partial charge >= 0.3 is 0 Å². The summed E-state index contributed by atoms with van der Waals surface area (Å²) >= 11 is 0. The molecule has 0 aliphatic rings. The van der Waals surface area contributed by atoms with E-state index in [1.165, 1.54) is 38.3 Å². The second-order valence-electron chi connectivity index (χ2n) is 15.7. The Balaban J connectivity index is 1.02. The maximum absolute atomic E-state index is 6.59. The van der Waals surface area contributed by atoms with Gasteiger partial charge in [0.2, 0.25) is 0 Å². The van der Waals surface area contributed by atoms with Crippen molar-refractivity contribution in [2.45, 2.75) is 0 Å². The number of benzene rings is 10. The summed E-state index contributed by atoms with van der Waals surface area (Å²) in [4.78, 5) is 2.39. The molecule has 0 bridgehead atoms. The second kappa shape index (κ2) is 14.3. The van der Waals surface area contributed by atoms with E-state index < -0.39 is 0 Å². The highest BCUT2D eigenvalue weighted by molar-refractivity contribution is 6.16. The quantitative estimate of drug-likeness (QED) is 0.161. The van der Waals surface area contributed by atoms with Gasteiger partial charge in [0.1, 0.15) is 11.2 Å². The predicted molar refractivity (Wildman–Crippen MR) is 257 cm³/mol. The molecule has 0 saturated carbocycles. The summed E-state index contributed by atoms with van der Waals surface area (Å²) < 4.78 is 8.98. The molecule has 12 aromatic rings. The second-order valence-corrected chi connectivity index (χ2v) is 15.7. The van der Waals surface area contributed by atoms with Crippen LogP contribution in [0.1, 0.15) is 0 Å². The van der Waals surface area contributed by atoms with Gasteiger partial charge in [-0.1, -0.05) is 152 Å². The molecule has 0 spiro atoms. The highest BCUT2D eigenvalue weighted by Gasteiger charge is 2.19. The van der Waals surface area contributed by atoms with E-state index in [0.717, 1.165) is 72.3 Å². The number of hydrogen-bond donors (Lipinski definition) is 0. The number of hydrogen-bond acceptors (Lipinski definition) is 2. The van der Waals surface area contributed by atoms with Gasteiger partial charge in [0.15, 0.2) is 0 Å². The molecule has 0 aliphatic carbocycles. The Morgan fingerprint density at radius 3 is 1.57 bits per heavy atom. The molecule has 2 heterocycles. The van der Waals surface area contributed by atoms with Crippen LogP contribution in [0.2, 0.25) is 0 Å². The van der Waals surface area contributed by atoms with Gasteiger partial charge in [-0.05, 0) is 118 Å². The Hall–Kier alpha value is -8.14. The van der Waals surface area contributed by atoms with E-state index in [1.54, 1.807) is 0 Å². The molecular weight excluding hydrogens is 741 g/mol. The first-order valence-corrected chi connectivity index (χ1v) is 20.8. The number of fused-ring (bicyclic) bond motifs is 8. The van der Waals surface area contributed by atoms with Gasteiger partial charge in [-0.3, -0.25) is 0 Å². The molecule has 0 N–H and O–H groups in total. The fourth-order valence-electron chi connectivity index (χ4n) is 9.24. The Labute approximate surface area is 353 Å². The number of rotatable bonds is 7. The Bertz CT molecular complexity index is 3470. The van der Waals surface area contributed by atoms with Gasteiger partial charge in [-0.2, -0.15) is 0 Å². The lowest BCUT2D eigenvalue weighted by atomic mass is 9.97. The molecule has 10 aromatic carbocycles. The van der Waals surface area contributed by atoms with Gasteiger partial charge < -0.3 is 13.9 Å². The van der Waals surface area contributed by atoms with E-state index in [4.69, 9.17) is 4.42 Å². The molecule has 3 heteroatoms. The lowest BCUT2D eigenvalue weighted by molar-refractivity contribution is 0.672. The molecule has 3 nitrogen and oxygen atoms in total. The molecule has 0 saturated heterocycles. The van der Waals surface area contributed by atoms with Crippen molar-refractivity contribution in [3.8, 4) is 39.1 Å². The fourth-order valence-corrected chi connectivity index (χ4v) is 9.24. The van der Waals surface area contributed by atoms with Crippen LogP contribution in [-0.4, -0.2) is 4.57 Å². The maximum Gasteiger partial charge on any atom is 0.143 e. The molecule has 0 amide bonds. The Morgan fingerprint density at radius 2 is 0.885 bits per heavy atom. The first-order valence-electron chi connectivity index (χ1n) is 20.8. The van der Waals surface area contributed by atoms with Crippen molar-refractivity contribution in [3.63, 3.8) is 0 Å². The summed E-state index contributed by atoms with van der Waals surface area (Å²) in [7, 11) is 0. The summed E-state index contributed by atoms with van der Waals surface area (Å²) in [5.74, 6) is 0. The van der Waals surface area contributed by atoms with Crippen molar-refractivity contribution < 1.29 is 4.42 Å². The monoisotopic (exact) mass is 778 g/mol. The van der Waals surface area contributed by atoms with E-state index in [1.807, 2.05) is 0 Å². The number of anilines is 3. The third kappa shape index (κ3) is 5.98. The van der Waals surface area contributed by atoms with E-state index >= 15 is 0 Å². The van der Waals surface area contributed by atoms with Crippen molar-refractivity contribution in [1.82, 2.24) is 4.57 Å². The molecule has 0 atom stereocenters. The first kappa shape index (κ1) is 34.9. The van der Waals surface area contributed by atoms with E-state index in [2.05, 4.69) is 240 Å². The molecule has 286 valence electrons. The van der Waals surface area contributed by atoms with Gasteiger partial charge in [0.05, 0.1) is 11.0 Å². The van der Waals surface area contributed by atoms with Crippen LogP contribution in [0.3, 0.4) is 0 Å². The van der Waals surface area contributed by atoms with Gasteiger partial charge in [-0.15, -0.1) is 0 Å². The summed E-state index contributed by atoms with van der Waals surface area (Å²) in [6.45, 7) is 0. The van der Waals surface area contributed by atoms with Crippen LogP contribution < -0.4 is 4.90 Å². The zero-order valence-electron chi connectivity index (χ0n) is 33.2. The van der Waals surface area contributed by atoms with E-state index in [0.29, 0.717) is 0 Å².